The zero-order valence-corrected chi connectivity index (χ0v) is 14.7. The van der Waals surface area contributed by atoms with E-state index < -0.39 is 0 Å². The number of hydrogen-bond acceptors (Lipinski definition) is 6. The van der Waals surface area contributed by atoms with Gasteiger partial charge in [-0.25, -0.2) is 4.98 Å². The molecule has 3 rings (SSSR count). The number of amides is 1. The number of carbonyl (C=O) groups is 1. The van der Waals surface area contributed by atoms with Crippen LogP contribution in [0.2, 0.25) is 0 Å². The molecule has 136 valence electrons. The van der Waals surface area contributed by atoms with E-state index in [1.807, 2.05) is 49.4 Å². The first kappa shape index (κ1) is 17.9. The van der Waals surface area contributed by atoms with Crippen molar-refractivity contribution in [2.75, 3.05) is 38.3 Å². The van der Waals surface area contributed by atoms with Crippen LogP contribution in [0.25, 0.3) is 0 Å². The number of carbonyl (C=O) groups excluding carboxylic acids is 1. The molecule has 0 spiro atoms. The minimum Gasteiger partial charge on any atom is -0.484 e. The number of pyridine rings is 1. The number of hydrogen-bond donors (Lipinski definition) is 1. The molecule has 2 aromatic rings. The van der Waals surface area contributed by atoms with Crippen LogP contribution in [-0.4, -0.2) is 54.4 Å². The minimum absolute atomic E-state index is 0.0188. The normalized spacial score (nSPS) is 14.8. The third kappa shape index (κ3) is 5.03. The number of rotatable bonds is 6. The molecule has 1 fully saturated rings. The maximum Gasteiger partial charge on any atom is 0.260 e. The molecule has 0 radical (unpaired) electrons. The molecule has 1 aliphatic rings. The number of nitrogens with one attached hydrogen (secondary N) is 1. The van der Waals surface area contributed by atoms with Crippen LogP contribution in [0.3, 0.4) is 0 Å². The molecule has 2 heterocycles. The lowest BCUT2D eigenvalue weighted by atomic mass is 10.1. The van der Waals surface area contributed by atoms with Crippen molar-refractivity contribution < 1.29 is 14.3 Å². The van der Waals surface area contributed by atoms with Crippen molar-refractivity contribution in [3.63, 3.8) is 0 Å². The SMILES string of the molecule is C/C(=N/Nc1ccccn1)c1ccc(OCC(=O)N2CCOCC2)cc1. The topological polar surface area (TPSA) is 76.1 Å². The minimum atomic E-state index is -0.0188. The molecule has 1 N–H and O–H groups in total. The van der Waals surface area contributed by atoms with Gasteiger partial charge in [-0.15, -0.1) is 0 Å². The van der Waals surface area contributed by atoms with Gasteiger partial charge in [0.1, 0.15) is 11.6 Å². The van der Waals surface area contributed by atoms with E-state index >= 15 is 0 Å². The summed E-state index contributed by atoms with van der Waals surface area (Å²) in [4.78, 5) is 18.0. The van der Waals surface area contributed by atoms with Crippen LogP contribution in [0.1, 0.15) is 12.5 Å². The van der Waals surface area contributed by atoms with Crippen molar-refractivity contribution in [1.29, 1.82) is 0 Å². The Kier molecular flexibility index (Phi) is 6.16. The highest BCUT2D eigenvalue weighted by molar-refractivity contribution is 5.99. The van der Waals surface area contributed by atoms with Gasteiger partial charge < -0.3 is 14.4 Å². The van der Waals surface area contributed by atoms with Crippen molar-refractivity contribution in [3.8, 4) is 5.75 Å². The van der Waals surface area contributed by atoms with Gasteiger partial charge in [-0.05, 0) is 48.9 Å². The van der Waals surface area contributed by atoms with E-state index in [9.17, 15) is 4.79 Å². The Morgan fingerprint density at radius 2 is 2.00 bits per heavy atom. The quantitative estimate of drug-likeness (QED) is 0.635. The summed E-state index contributed by atoms with van der Waals surface area (Å²) in [6.45, 7) is 4.37. The van der Waals surface area contributed by atoms with Gasteiger partial charge in [-0.1, -0.05) is 6.07 Å². The third-order valence-corrected chi connectivity index (χ3v) is 4.00. The largest absolute Gasteiger partial charge is 0.484 e. The zero-order chi connectivity index (χ0) is 18.2. The molecular formula is C19H22N4O3. The molecule has 0 saturated carbocycles. The van der Waals surface area contributed by atoms with Crippen molar-refractivity contribution in [3.05, 3.63) is 54.2 Å². The van der Waals surface area contributed by atoms with E-state index in [-0.39, 0.29) is 12.5 Å². The average Bonchev–Trinajstić information content (AvgIpc) is 2.72. The van der Waals surface area contributed by atoms with Crippen molar-refractivity contribution in [2.45, 2.75) is 6.92 Å². The Hall–Kier alpha value is -2.93. The van der Waals surface area contributed by atoms with E-state index in [4.69, 9.17) is 9.47 Å². The summed E-state index contributed by atoms with van der Waals surface area (Å²) in [5.41, 5.74) is 4.70. The highest BCUT2D eigenvalue weighted by Crippen LogP contribution is 2.13. The molecule has 1 saturated heterocycles. The number of hydrazone groups is 1. The summed E-state index contributed by atoms with van der Waals surface area (Å²) in [6, 6.07) is 13.1. The Balaban J connectivity index is 1.51. The number of benzene rings is 1. The van der Waals surface area contributed by atoms with Gasteiger partial charge in [-0.2, -0.15) is 5.10 Å². The monoisotopic (exact) mass is 354 g/mol. The van der Waals surface area contributed by atoms with Crippen LogP contribution in [0.5, 0.6) is 5.75 Å². The molecule has 1 aromatic carbocycles. The summed E-state index contributed by atoms with van der Waals surface area (Å²) in [7, 11) is 0. The lowest BCUT2D eigenvalue weighted by Crippen LogP contribution is -2.42. The van der Waals surface area contributed by atoms with E-state index in [0.717, 1.165) is 11.3 Å². The second-order valence-electron chi connectivity index (χ2n) is 5.83. The van der Waals surface area contributed by atoms with Crippen molar-refractivity contribution in [2.24, 2.45) is 5.10 Å². The average molecular weight is 354 g/mol. The number of morpholine rings is 1. The Morgan fingerprint density at radius 3 is 2.69 bits per heavy atom. The number of anilines is 1. The summed E-state index contributed by atoms with van der Waals surface area (Å²) >= 11 is 0. The maximum atomic E-state index is 12.1. The molecule has 26 heavy (non-hydrogen) atoms. The second kappa shape index (κ2) is 8.96. The van der Waals surface area contributed by atoms with E-state index in [0.29, 0.717) is 37.9 Å². The van der Waals surface area contributed by atoms with Gasteiger partial charge in [0.15, 0.2) is 6.61 Å². The molecule has 0 bridgehead atoms. The molecule has 0 atom stereocenters. The fourth-order valence-corrected chi connectivity index (χ4v) is 2.48. The molecule has 1 aliphatic heterocycles. The van der Waals surface area contributed by atoms with Crippen molar-refractivity contribution >= 4 is 17.4 Å². The molecule has 7 nitrogen and oxygen atoms in total. The Labute approximate surface area is 152 Å². The van der Waals surface area contributed by atoms with E-state index in [1.165, 1.54) is 0 Å². The molecular weight excluding hydrogens is 332 g/mol. The van der Waals surface area contributed by atoms with Crippen LogP contribution in [0.15, 0.2) is 53.8 Å². The fourth-order valence-electron chi connectivity index (χ4n) is 2.48. The van der Waals surface area contributed by atoms with E-state index in [2.05, 4.69) is 15.5 Å². The lowest BCUT2D eigenvalue weighted by Gasteiger charge is -2.26. The van der Waals surface area contributed by atoms with Crippen LogP contribution in [0, 0.1) is 0 Å². The Morgan fingerprint density at radius 1 is 1.23 bits per heavy atom. The van der Waals surface area contributed by atoms with Gasteiger partial charge in [-0.3, -0.25) is 10.2 Å². The van der Waals surface area contributed by atoms with Crippen LogP contribution < -0.4 is 10.2 Å². The van der Waals surface area contributed by atoms with Gasteiger partial charge >= 0.3 is 0 Å². The molecule has 0 aliphatic carbocycles. The first-order valence-corrected chi connectivity index (χ1v) is 8.52. The first-order chi connectivity index (χ1) is 12.7. The Bertz CT molecular complexity index is 741. The number of nitrogens with zero attached hydrogens (tertiary/aromatic N) is 3. The third-order valence-electron chi connectivity index (χ3n) is 4.00. The molecule has 1 amide bonds. The van der Waals surface area contributed by atoms with Gasteiger partial charge in [0, 0.05) is 19.3 Å². The summed E-state index contributed by atoms with van der Waals surface area (Å²) in [5.74, 6) is 1.32. The standard InChI is InChI=1S/C19H22N4O3/c1-15(21-22-18-4-2-3-9-20-18)16-5-7-17(8-6-16)26-14-19(24)23-10-12-25-13-11-23/h2-9H,10-14H2,1H3,(H,20,22)/b21-15-. The summed E-state index contributed by atoms with van der Waals surface area (Å²) < 4.78 is 10.8. The second-order valence-corrected chi connectivity index (χ2v) is 5.83. The van der Waals surface area contributed by atoms with Gasteiger partial charge in [0.2, 0.25) is 0 Å². The van der Waals surface area contributed by atoms with E-state index in [1.54, 1.807) is 11.1 Å². The predicted molar refractivity (Wildman–Crippen MR) is 99.4 cm³/mol. The highest BCUT2D eigenvalue weighted by atomic mass is 16.5. The molecule has 0 unspecified atom stereocenters. The number of ether oxygens (including phenoxy) is 2. The first-order valence-electron chi connectivity index (χ1n) is 8.52. The smallest absolute Gasteiger partial charge is 0.260 e. The predicted octanol–water partition coefficient (Wildman–Crippen LogP) is 2.16. The van der Waals surface area contributed by atoms with Crippen LogP contribution in [0.4, 0.5) is 5.82 Å². The summed E-state index contributed by atoms with van der Waals surface area (Å²) in [6.07, 6.45) is 1.71. The lowest BCUT2D eigenvalue weighted by molar-refractivity contribution is -0.137. The molecule has 1 aromatic heterocycles. The van der Waals surface area contributed by atoms with Gasteiger partial charge in [0.25, 0.3) is 5.91 Å². The summed E-state index contributed by atoms with van der Waals surface area (Å²) in [5, 5.41) is 4.32. The van der Waals surface area contributed by atoms with Crippen molar-refractivity contribution in [1.82, 2.24) is 9.88 Å². The number of aromatic nitrogens is 1. The maximum absolute atomic E-state index is 12.1. The zero-order valence-electron chi connectivity index (χ0n) is 14.7. The molecule has 7 heteroatoms. The van der Waals surface area contributed by atoms with Crippen LogP contribution in [-0.2, 0) is 9.53 Å². The van der Waals surface area contributed by atoms with Gasteiger partial charge in [0.05, 0.1) is 18.9 Å². The van der Waals surface area contributed by atoms with Crippen LogP contribution >= 0.6 is 0 Å². The highest BCUT2D eigenvalue weighted by Gasteiger charge is 2.17. The fraction of sp³-hybridized carbons (Fsp3) is 0.316.